The minimum Gasteiger partial charge on any atom is -0.186 e. The topological polar surface area (TPSA) is 34.1 Å². The van der Waals surface area contributed by atoms with Crippen molar-refractivity contribution in [2.75, 3.05) is 0 Å². The highest BCUT2D eigenvalue weighted by molar-refractivity contribution is 5.81. The first-order valence-electron chi connectivity index (χ1n) is 3.81. The molecule has 0 N–H and O–H groups in total. The molecule has 0 aliphatic rings. The molecular formula is C11H8O2. The summed E-state index contributed by atoms with van der Waals surface area (Å²) in [5.74, 6) is 0. The van der Waals surface area contributed by atoms with Crippen LogP contribution in [-0.4, -0.2) is 6.15 Å². The fraction of sp³-hybridized carbons (Fsp3) is 0. The summed E-state index contributed by atoms with van der Waals surface area (Å²) in [4.78, 5) is 16.2. The van der Waals surface area contributed by atoms with Crippen LogP contribution in [0.2, 0.25) is 0 Å². The van der Waals surface area contributed by atoms with E-state index in [1.54, 1.807) is 0 Å². The van der Waals surface area contributed by atoms with Crippen LogP contribution >= 0.6 is 0 Å². The van der Waals surface area contributed by atoms with Gasteiger partial charge in [0.25, 0.3) is 0 Å². The zero-order chi connectivity index (χ0) is 9.52. The molecule has 64 valence electrons. The largest absolute Gasteiger partial charge is 0.373 e. The highest BCUT2D eigenvalue weighted by Gasteiger charge is 1.85. The van der Waals surface area contributed by atoms with Crippen molar-refractivity contribution in [3.05, 3.63) is 48.5 Å². The van der Waals surface area contributed by atoms with Gasteiger partial charge in [0.1, 0.15) is 0 Å². The predicted octanol–water partition coefficient (Wildman–Crippen LogP) is 2.26. The Bertz CT molecular complexity index is 350. The van der Waals surface area contributed by atoms with Crippen LogP contribution in [0.4, 0.5) is 0 Å². The summed E-state index contributed by atoms with van der Waals surface area (Å²) in [6.07, 6.45) is 0.250. The summed E-state index contributed by atoms with van der Waals surface area (Å²) >= 11 is 0. The average Bonchev–Trinajstić information content (AvgIpc) is 2.19. The molecule has 0 aliphatic heterocycles. The Morgan fingerprint density at radius 3 is 1.15 bits per heavy atom. The van der Waals surface area contributed by atoms with Crippen LogP contribution in [-0.2, 0) is 9.59 Å². The van der Waals surface area contributed by atoms with Crippen molar-refractivity contribution in [1.82, 2.24) is 0 Å². The van der Waals surface area contributed by atoms with E-state index in [9.17, 15) is 0 Å². The molecule has 13 heavy (non-hydrogen) atoms. The Labute approximate surface area is 75.8 Å². The normalized spacial score (nSPS) is 8.31. The van der Waals surface area contributed by atoms with Gasteiger partial charge in [0, 0.05) is 0 Å². The molecule has 0 saturated heterocycles. The van der Waals surface area contributed by atoms with E-state index in [0.717, 1.165) is 0 Å². The third kappa shape index (κ3) is 2.55. The van der Waals surface area contributed by atoms with E-state index in [4.69, 9.17) is 9.59 Å². The van der Waals surface area contributed by atoms with Gasteiger partial charge in [-0.2, -0.15) is 9.59 Å². The molecule has 0 bridgehead atoms. The Morgan fingerprint density at radius 1 is 0.692 bits per heavy atom. The number of rotatable bonds is 0. The Kier molecular flexibility index (Phi) is 3.43. The van der Waals surface area contributed by atoms with Crippen LogP contribution in [0.25, 0.3) is 10.8 Å². The van der Waals surface area contributed by atoms with Gasteiger partial charge in [-0.25, -0.2) is 0 Å². The highest BCUT2D eigenvalue weighted by Crippen LogP contribution is 2.11. The summed E-state index contributed by atoms with van der Waals surface area (Å²) in [7, 11) is 0. The first kappa shape index (κ1) is 9.17. The van der Waals surface area contributed by atoms with E-state index >= 15 is 0 Å². The van der Waals surface area contributed by atoms with Crippen molar-refractivity contribution >= 4 is 16.9 Å². The lowest BCUT2D eigenvalue weighted by molar-refractivity contribution is -0.191. The molecule has 0 atom stereocenters. The molecule has 0 radical (unpaired) electrons. The van der Waals surface area contributed by atoms with Crippen LogP contribution in [0.15, 0.2) is 48.5 Å². The quantitative estimate of drug-likeness (QED) is 0.610. The standard InChI is InChI=1S/C10H8.CO2/c1-2-6-10-8-4-3-7-9(10)5-1;2-1-3/h1-8H;. The van der Waals surface area contributed by atoms with E-state index in [2.05, 4.69) is 48.5 Å². The van der Waals surface area contributed by atoms with Crippen molar-refractivity contribution in [1.29, 1.82) is 0 Å². The summed E-state index contributed by atoms with van der Waals surface area (Å²) in [5, 5.41) is 2.62. The summed E-state index contributed by atoms with van der Waals surface area (Å²) in [5.41, 5.74) is 0. The van der Waals surface area contributed by atoms with E-state index < -0.39 is 0 Å². The number of hydrogen-bond acceptors (Lipinski definition) is 2. The van der Waals surface area contributed by atoms with E-state index in [-0.39, 0.29) is 6.15 Å². The van der Waals surface area contributed by atoms with Gasteiger partial charge < -0.3 is 0 Å². The van der Waals surface area contributed by atoms with Gasteiger partial charge in [0.2, 0.25) is 0 Å². The van der Waals surface area contributed by atoms with Crippen molar-refractivity contribution in [2.24, 2.45) is 0 Å². The van der Waals surface area contributed by atoms with E-state index in [1.165, 1.54) is 10.8 Å². The second kappa shape index (κ2) is 4.86. The maximum absolute atomic E-state index is 8.12. The fourth-order valence-electron chi connectivity index (χ4n) is 1.13. The SMILES string of the molecule is O=C=O.c1ccc2ccccc2c1. The molecule has 2 aromatic rings. The van der Waals surface area contributed by atoms with Crippen LogP contribution in [0.3, 0.4) is 0 Å². The number of hydrogen-bond donors (Lipinski definition) is 0. The molecule has 0 amide bonds. The van der Waals surface area contributed by atoms with Crippen LogP contribution in [0.5, 0.6) is 0 Å². The summed E-state index contributed by atoms with van der Waals surface area (Å²) in [6.45, 7) is 0. The van der Waals surface area contributed by atoms with Crippen molar-refractivity contribution in [3.63, 3.8) is 0 Å². The van der Waals surface area contributed by atoms with E-state index in [0.29, 0.717) is 0 Å². The van der Waals surface area contributed by atoms with Crippen LogP contribution < -0.4 is 0 Å². The minimum absolute atomic E-state index is 0.250. The Morgan fingerprint density at radius 2 is 0.923 bits per heavy atom. The van der Waals surface area contributed by atoms with Crippen LogP contribution in [0.1, 0.15) is 0 Å². The fourth-order valence-corrected chi connectivity index (χ4v) is 1.13. The zero-order valence-corrected chi connectivity index (χ0v) is 6.94. The average molecular weight is 172 g/mol. The van der Waals surface area contributed by atoms with Gasteiger partial charge in [-0.15, -0.1) is 0 Å². The first-order chi connectivity index (χ1) is 6.38. The zero-order valence-electron chi connectivity index (χ0n) is 6.94. The molecule has 2 heteroatoms. The summed E-state index contributed by atoms with van der Waals surface area (Å²) < 4.78 is 0. The third-order valence-corrected chi connectivity index (χ3v) is 1.66. The van der Waals surface area contributed by atoms with Gasteiger partial charge in [0.15, 0.2) is 0 Å². The van der Waals surface area contributed by atoms with Crippen molar-refractivity contribution in [2.45, 2.75) is 0 Å². The monoisotopic (exact) mass is 172 g/mol. The lowest BCUT2D eigenvalue weighted by Gasteiger charge is -1.92. The molecule has 0 unspecified atom stereocenters. The first-order valence-corrected chi connectivity index (χ1v) is 3.81. The molecule has 0 spiro atoms. The number of benzene rings is 2. The van der Waals surface area contributed by atoms with Gasteiger partial charge >= 0.3 is 6.15 Å². The third-order valence-electron chi connectivity index (χ3n) is 1.66. The molecule has 2 aromatic carbocycles. The Hall–Kier alpha value is -1.92. The van der Waals surface area contributed by atoms with Gasteiger partial charge in [-0.3, -0.25) is 0 Å². The van der Waals surface area contributed by atoms with E-state index in [1.807, 2.05) is 0 Å². The van der Waals surface area contributed by atoms with Crippen molar-refractivity contribution < 1.29 is 9.59 Å². The molecule has 0 aromatic heterocycles. The summed E-state index contributed by atoms with van der Waals surface area (Å²) in [6, 6.07) is 16.7. The molecule has 2 rings (SSSR count). The lowest BCUT2D eigenvalue weighted by atomic mass is 10.1. The smallest absolute Gasteiger partial charge is 0.186 e. The molecule has 0 fully saturated rings. The van der Waals surface area contributed by atoms with Gasteiger partial charge in [0.05, 0.1) is 0 Å². The number of carbonyl (C=O) groups excluding carboxylic acids is 2. The molecule has 0 heterocycles. The molecule has 0 aliphatic carbocycles. The second-order valence-corrected chi connectivity index (χ2v) is 2.43. The predicted molar refractivity (Wildman–Crippen MR) is 49.0 cm³/mol. The van der Waals surface area contributed by atoms with Crippen LogP contribution in [0, 0.1) is 0 Å². The second-order valence-electron chi connectivity index (χ2n) is 2.43. The van der Waals surface area contributed by atoms with Gasteiger partial charge in [-0.1, -0.05) is 48.5 Å². The minimum atomic E-state index is 0.250. The molecular weight excluding hydrogens is 164 g/mol. The van der Waals surface area contributed by atoms with Gasteiger partial charge in [-0.05, 0) is 10.8 Å². The maximum Gasteiger partial charge on any atom is 0.373 e. The maximum atomic E-state index is 8.12. The Balaban J connectivity index is 0.000000251. The highest BCUT2D eigenvalue weighted by atomic mass is 16.2. The molecule has 2 nitrogen and oxygen atoms in total. The van der Waals surface area contributed by atoms with Crippen molar-refractivity contribution in [3.8, 4) is 0 Å². The number of fused-ring (bicyclic) bond motifs is 1. The lowest BCUT2D eigenvalue weighted by Crippen LogP contribution is -1.67. The molecule has 0 saturated carbocycles.